The normalized spacial score (nSPS) is 22.0. The first-order valence-corrected chi connectivity index (χ1v) is 10.5. The van der Waals surface area contributed by atoms with Gasteiger partial charge in [0.25, 0.3) is 0 Å². The minimum absolute atomic E-state index is 0.0702. The maximum Gasteiger partial charge on any atom is 0.228 e. The number of carbonyl (C=O) groups excluding carboxylic acids is 1. The van der Waals surface area contributed by atoms with Gasteiger partial charge in [0.1, 0.15) is 0 Å². The molecule has 2 heterocycles. The zero-order valence-electron chi connectivity index (χ0n) is 16.7. The van der Waals surface area contributed by atoms with Crippen molar-refractivity contribution in [2.45, 2.75) is 58.5 Å². The Morgan fingerprint density at radius 3 is 2.85 bits per heavy atom. The first-order chi connectivity index (χ1) is 13.2. The second-order valence-electron chi connectivity index (χ2n) is 8.01. The molecule has 1 aromatic heterocycles. The smallest absolute Gasteiger partial charge is 0.228 e. The van der Waals surface area contributed by atoms with E-state index in [4.69, 9.17) is 0 Å². The number of rotatable bonds is 6. The largest absolute Gasteiger partial charge is 0.361 e. The first kappa shape index (κ1) is 18.3. The van der Waals surface area contributed by atoms with Crippen molar-refractivity contribution >= 4 is 22.4 Å². The van der Waals surface area contributed by atoms with E-state index < -0.39 is 0 Å². The van der Waals surface area contributed by atoms with E-state index in [9.17, 15) is 4.79 Å². The SMILES string of the molecule is CCCN1C[C@H](C(=O)NC(CC)CC)C=C2c3cccc4[nH]cc(c34)C[C@H]21. The van der Waals surface area contributed by atoms with Crippen LogP contribution >= 0.6 is 0 Å². The minimum atomic E-state index is -0.0702. The van der Waals surface area contributed by atoms with Crippen molar-refractivity contribution in [3.05, 3.63) is 41.6 Å². The summed E-state index contributed by atoms with van der Waals surface area (Å²) >= 11 is 0. The lowest BCUT2D eigenvalue weighted by molar-refractivity contribution is -0.125. The topological polar surface area (TPSA) is 48.1 Å². The number of carbonyl (C=O) groups is 1. The molecule has 2 atom stereocenters. The highest BCUT2D eigenvalue weighted by Crippen LogP contribution is 2.41. The fourth-order valence-electron chi connectivity index (χ4n) is 4.82. The van der Waals surface area contributed by atoms with E-state index in [0.29, 0.717) is 6.04 Å². The summed E-state index contributed by atoms with van der Waals surface area (Å²) in [5.41, 5.74) is 5.26. The van der Waals surface area contributed by atoms with Crippen molar-refractivity contribution in [2.24, 2.45) is 5.92 Å². The molecule has 1 aromatic carbocycles. The molecule has 4 rings (SSSR count). The first-order valence-electron chi connectivity index (χ1n) is 10.5. The molecule has 4 nitrogen and oxygen atoms in total. The Morgan fingerprint density at radius 2 is 2.11 bits per heavy atom. The lowest BCUT2D eigenvalue weighted by atomic mass is 9.79. The minimum Gasteiger partial charge on any atom is -0.361 e. The van der Waals surface area contributed by atoms with Crippen LogP contribution in [0.1, 0.15) is 51.2 Å². The molecule has 2 N–H and O–H groups in total. The molecule has 0 bridgehead atoms. The molecule has 0 saturated carbocycles. The lowest BCUT2D eigenvalue weighted by Crippen LogP contribution is -2.49. The van der Waals surface area contributed by atoms with Gasteiger partial charge < -0.3 is 10.3 Å². The predicted octanol–water partition coefficient (Wildman–Crippen LogP) is 4.12. The van der Waals surface area contributed by atoms with Gasteiger partial charge in [-0.2, -0.15) is 0 Å². The van der Waals surface area contributed by atoms with Gasteiger partial charge >= 0.3 is 0 Å². The van der Waals surface area contributed by atoms with Crippen LogP contribution < -0.4 is 5.32 Å². The Bertz CT molecular complexity index is 862. The van der Waals surface area contributed by atoms with E-state index >= 15 is 0 Å². The Balaban J connectivity index is 1.72. The quantitative estimate of drug-likeness (QED) is 0.809. The molecule has 1 aliphatic heterocycles. The molecule has 0 spiro atoms. The summed E-state index contributed by atoms with van der Waals surface area (Å²) in [5, 5.41) is 4.61. The van der Waals surface area contributed by atoms with Gasteiger partial charge in [0.2, 0.25) is 5.91 Å². The molecule has 2 aromatic rings. The van der Waals surface area contributed by atoms with Crippen LogP contribution in [-0.2, 0) is 11.2 Å². The predicted molar refractivity (Wildman–Crippen MR) is 112 cm³/mol. The molecule has 4 heteroatoms. The van der Waals surface area contributed by atoms with Crippen LogP contribution in [0, 0.1) is 5.92 Å². The van der Waals surface area contributed by atoms with Gasteiger partial charge in [0, 0.05) is 35.7 Å². The van der Waals surface area contributed by atoms with E-state index in [-0.39, 0.29) is 17.9 Å². The van der Waals surface area contributed by atoms with Gasteiger partial charge in [-0.25, -0.2) is 0 Å². The highest BCUT2D eigenvalue weighted by atomic mass is 16.2. The van der Waals surface area contributed by atoms with Crippen LogP contribution in [0.4, 0.5) is 0 Å². The standard InChI is InChI=1S/C23H31N3O/c1-4-10-26-14-16(23(27)25-17(5-2)6-3)11-19-18-8-7-9-20-22(18)15(13-24-20)12-21(19)26/h7-9,11,13,16-17,21,24H,4-6,10,12,14H2,1-3H3,(H,25,27)/t16-,21-/m1/s1. The van der Waals surface area contributed by atoms with Gasteiger partial charge in [-0.15, -0.1) is 0 Å². The Kier molecular flexibility index (Phi) is 5.09. The number of benzene rings is 1. The summed E-state index contributed by atoms with van der Waals surface area (Å²) in [7, 11) is 0. The number of hydrogen-bond donors (Lipinski definition) is 2. The van der Waals surface area contributed by atoms with Crippen molar-refractivity contribution in [1.29, 1.82) is 0 Å². The Morgan fingerprint density at radius 1 is 1.30 bits per heavy atom. The highest BCUT2D eigenvalue weighted by molar-refractivity contribution is 5.99. The molecule has 144 valence electrons. The van der Waals surface area contributed by atoms with Gasteiger partial charge in [-0.1, -0.05) is 39.0 Å². The average molecular weight is 366 g/mol. The molecular weight excluding hydrogens is 334 g/mol. The highest BCUT2D eigenvalue weighted by Gasteiger charge is 2.37. The summed E-state index contributed by atoms with van der Waals surface area (Å²) in [6, 6.07) is 7.16. The maximum atomic E-state index is 13.0. The lowest BCUT2D eigenvalue weighted by Gasteiger charge is -2.41. The second-order valence-corrected chi connectivity index (χ2v) is 8.01. The van der Waals surface area contributed by atoms with E-state index in [1.165, 1.54) is 27.6 Å². The molecule has 0 radical (unpaired) electrons. The summed E-state index contributed by atoms with van der Waals surface area (Å²) in [4.78, 5) is 19.0. The average Bonchev–Trinajstić information content (AvgIpc) is 3.11. The van der Waals surface area contributed by atoms with E-state index in [0.717, 1.165) is 38.8 Å². The van der Waals surface area contributed by atoms with Gasteiger partial charge in [0.15, 0.2) is 0 Å². The number of aromatic nitrogens is 1. The molecule has 27 heavy (non-hydrogen) atoms. The fourth-order valence-corrected chi connectivity index (χ4v) is 4.82. The Labute approximate surface area is 162 Å². The van der Waals surface area contributed by atoms with Crippen molar-refractivity contribution < 1.29 is 4.79 Å². The second kappa shape index (κ2) is 7.51. The van der Waals surface area contributed by atoms with E-state index in [2.05, 4.69) is 66.4 Å². The van der Waals surface area contributed by atoms with Crippen LogP contribution in [0.15, 0.2) is 30.5 Å². The molecule has 1 amide bonds. The van der Waals surface area contributed by atoms with Crippen molar-refractivity contribution in [2.75, 3.05) is 13.1 Å². The summed E-state index contributed by atoms with van der Waals surface area (Å²) in [6.07, 6.45) is 8.54. The fraction of sp³-hybridized carbons (Fsp3) is 0.522. The summed E-state index contributed by atoms with van der Waals surface area (Å²) in [5.74, 6) is 0.113. The van der Waals surface area contributed by atoms with Crippen LogP contribution in [0.25, 0.3) is 16.5 Å². The van der Waals surface area contributed by atoms with Crippen LogP contribution in [-0.4, -0.2) is 41.0 Å². The molecular formula is C23H31N3O. The number of fused-ring (bicyclic) bond motifs is 2. The van der Waals surface area contributed by atoms with E-state index in [1.54, 1.807) is 0 Å². The monoisotopic (exact) mass is 365 g/mol. The van der Waals surface area contributed by atoms with Crippen molar-refractivity contribution in [3.63, 3.8) is 0 Å². The number of hydrogen-bond acceptors (Lipinski definition) is 2. The molecule has 1 aliphatic carbocycles. The molecule has 0 fully saturated rings. The third-order valence-electron chi connectivity index (χ3n) is 6.30. The van der Waals surface area contributed by atoms with Crippen LogP contribution in [0.5, 0.6) is 0 Å². The van der Waals surface area contributed by atoms with Crippen molar-refractivity contribution in [3.8, 4) is 0 Å². The maximum absolute atomic E-state index is 13.0. The van der Waals surface area contributed by atoms with E-state index in [1.807, 2.05) is 0 Å². The van der Waals surface area contributed by atoms with Gasteiger partial charge in [0.05, 0.1) is 5.92 Å². The van der Waals surface area contributed by atoms with Gasteiger partial charge in [-0.05, 0) is 55.0 Å². The van der Waals surface area contributed by atoms with Crippen LogP contribution in [0.2, 0.25) is 0 Å². The molecule has 0 unspecified atom stereocenters. The Hall–Kier alpha value is -2.07. The van der Waals surface area contributed by atoms with Crippen LogP contribution in [0.3, 0.4) is 0 Å². The third-order valence-corrected chi connectivity index (χ3v) is 6.30. The number of nitrogens with zero attached hydrogens (tertiary/aromatic N) is 1. The number of aromatic amines is 1. The van der Waals surface area contributed by atoms with Gasteiger partial charge in [-0.3, -0.25) is 9.69 Å². The third kappa shape index (κ3) is 3.20. The molecule has 0 saturated heterocycles. The summed E-state index contributed by atoms with van der Waals surface area (Å²) < 4.78 is 0. The number of H-pyrrole nitrogens is 1. The number of amides is 1. The zero-order valence-corrected chi connectivity index (χ0v) is 16.7. The zero-order chi connectivity index (χ0) is 19.0. The molecule has 2 aliphatic rings. The number of nitrogens with one attached hydrogen (secondary N) is 2. The van der Waals surface area contributed by atoms with Crippen molar-refractivity contribution in [1.82, 2.24) is 15.2 Å². The summed E-state index contributed by atoms with van der Waals surface area (Å²) in [6.45, 7) is 8.36.